The molecule has 0 amide bonds. The SMILES string of the molecule is CC(=O)OCc1cccc(C#N)c1.Cl. The van der Waals surface area contributed by atoms with Crippen molar-refractivity contribution >= 4 is 18.4 Å². The van der Waals surface area contributed by atoms with Crippen molar-refractivity contribution in [2.75, 3.05) is 0 Å². The second-order valence-corrected chi connectivity index (χ2v) is 2.59. The van der Waals surface area contributed by atoms with Crippen LogP contribution in [0.3, 0.4) is 0 Å². The van der Waals surface area contributed by atoms with Gasteiger partial charge in [-0.2, -0.15) is 5.26 Å². The first kappa shape index (κ1) is 12.5. The van der Waals surface area contributed by atoms with Gasteiger partial charge >= 0.3 is 5.97 Å². The Kier molecular flexibility index (Phi) is 5.35. The fourth-order valence-corrected chi connectivity index (χ4v) is 0.916. The summed E-state index contributed by atoms with van der Waals surface area (Å²) in [5, 5.41) is 8.58. The van der Waals surface area contributed by atoms with Crippen molar-refractivity contribution in [3.63, 3.8) is 0 Å². The molecule has 3 nitrogen and oxygen atoms in total. The van der Waals surface area contributed by atoms with Crippen LogP contribution in [-0.2, 0) is 16.1 Å². The predicted molar refractivity (Wildman–Crippen MR) is 53.9 cm³/mol. The van der Waals surface area contributed by atoms with E-state index in [2.05, 4.69) is 0 Å². The maximum Gasteiger partial charge on any atom is 0.302 e. The van der Waals surface area contributed by atoms with E-state index in [0.29, 0.717) is 5.56 Å². The van der Waals surface area contributed by atoms with Crippen LogP contribution in [0.25, 0.3) is 0 Å². The van der Waals surface area contributed by atoms with E-state index in [9.17, 15) is 4.79 Å². The summed E-state index contributed by atoms with van der Waals surface area (Å²) in [5.74, 6) is -0.317. The van der Waals surface area contributed by atoms with E-state index in [1.165, 1.54) is 6.92 Å². The lowest BCUT2D eigenvalue weighted by Gasteiger charge is -2.01. The van der Waals surface area contributed by atoms with Crippen molar-refractivity contribution in [2.24, 2.45) is 0 Å². The van der Waals surface area contributed by atoms with Gasteiger partial charge in [-0.05, 0) is 17.7 Å². The molecule has 0 saturated heterocycles. The standard InChI is InChI=1S/C10H9NO2.ClH/c1-8(12)13-7-10-4-2-3-9(5-10)6-11;/h2-5H,7H2,1H3;1H. The van der Waals surface area contributed by atoms with E-state index in [0.717, 1.165) is 5.56 Å². The summed E-state index contributed by atoms with van der Waals surface area (Å²) in [6, 6.07) is 8.99. The summed E-state index contributed by atoms with van der Waals surface area (Å²) in [4.78, 5) is 10.5. The van der Waals surface area contributed by atoms with Crippen LogP contribution in [0.5, 0.6) is 0 Å². The van der Waals surface area contributed by atoms with Crippen molar-refractivity contribution in [2.45, 2.75) is 13.5 Å². The van der Waals surface area contributed by atoms with E-state index in [1.54, 1.807) is 18.2 Å². The molecule has 0 unspecified atom stereocenters. The molecule has 0 N–H and O–H groups in total. The van der Waals surface area contributed by atoms with E-state index < -0.39 is 0 Å². The average molecular weight is 212 g/mol. The van der Waals surface area contributed by atoms with Gasteiger partial charge in [0.15, 0.2) is 0 Å². The summed E-state index contributed by atoms with van der Waals surface area (Å²) in [6.07, 6.45) is 0. The summed E-state index contributed by atoms with van der Waals surface area (Å²) in [6.45, 7) is 1.58. The first-order valence-electron chi connectivity index (χ1n) is 3.85. The lowest BCUT2D eigenvalue weighted by molar-refractivity contribution is -0.142. The molecule has 0 aliphatic heterocycles. The predicted octanol–water partition coefficient (Wildman–Crippen LogP) is 2.04. The molecule has 0 aliphatic rings. The molecule has 4 heteroatoms. The van der Waals surface area contributed by atoms with Crippen LogP contribution in [-0.4, -0.2) is 5.97 Å². The molecular formula is C10H10ClNO2. The number of halogens is 1. The molecule has 0 atom stereocenters. The minimum atomic E-state index is -0.317. The van der Waals surface area contributed by atoms with Gasteiger partial charge in [0.25, 0.3) is 0 Å². The molecule has 0 bridgehead atoms. The van der Waals surface area contributed by atoms with Gasteiger partial charge in [0.2, 0.25) is 0 Å². The molecule has 0 radical (unpaired) electrons. The molecular weight excluding hydrogens is 202 g/mol. The van der Waals surface area contributed by atoms with Gasteiger partial charge in [0, 0.05) is 6.92 Å². The molecule has 74 valence electrons. The van der Waals surface area contributed by atoms with Crippen LogP contribution in [0.15, 0.2) is 24.3 Å². The summed E-state index contributed by atoms with van der Waals surface area (Å²) in [5.41, 5.74) is 1.40. The number of nitriles is 1. The number of carbonyl (C=O) groups is 1. The van der Waals surface area contributed by atoms with Gasteiger partial charge in [0.05, 0.1) is 11.6 Å². The van der Waals surface area contributed by atoms with E-state index in [1.807, 2.05) is 12.1 Å². The molecule has 1 rings (SSSR count). The molecule has 0 heterocycles. The van der Waals surface area contributed by atoms with Crippen LogP contribution in [0, 0.1) is 11.3 Å². The fourth-order valence-electron chi connectivity index (χ4n) is 0.916. The van der Waals surface area contributed by atoms with Gasteiger partial charge in [-0.25, -0.2) is 0 Å². The van der Waals surface area contributed by atoms with Crippen molar-refractivity contribution in [1.82, 2.24) is 0 Å². The third kappa shape index (κ3) is 3.92. The van der Waals surface area contributed by atoms with Crippen molar-refractivity contribution in [1.29, 1.82) is 5.26 Å². The van der Waals surface area contributed by atoms with Gasteiger partial charge in [-0.1, -0.05) is 12.1 Å². The van der Waals surface area contributed by atoms with E-state index in [-0.39, 0.29) is 25.0 Å². The third-order valence-corrected chi connectivity index (χ3v) is 1.50. The highest BCUT2D eigenvalue weighted by atomic mass is 35.5. The van der Waals surface area contributed by atoms with E-state index >= 15 is 0 Å². The minimum absolute atomic E-state index is 0. The maximum absolute atomic E-state index is 10.5. The smallest absolute Gasteiger partial charge is 0.302 e. The highest BCUT2D eigenvalue weighted by Crippen LogP contribution is 2.05. The molecule has 14 heavy (non-hydrogen) atoms. The number of nitrogens with zero attached hydrogens (tertiary/aromatic N) is 1. The molecule has 0 aromatic heterocycles. The average Bonchev–Trinajstić information content (AvgIpc) is 2.15. The van der Waals surface area contributed by atoms with Crippen LogP contribution in [0.2, 0.25) is 0 Å². The third-order valence-electron chi connectivity index (χ3n) is 1.50. The van der Waals surface area contributed by atoms with E-state index in [4.69, 9.17) is 10.00 Å². The number of benzene rings is 1. The molecule has 0 fully saturated rings. The molecule has 1 aromatic rings. The van der Waals surface area contributed by atoms with Crippen molar-refractivity contribution in [3.05, 3.63) is 35.4 Å². The highest BCUT2D eigenvalue weighted by molar-refractivity contribution is 5.85. The largest absolute Gasteiger partial charge is 0.461 e. The van der Waals surface area contributed by atoms with Crippen LogP contribution in [0.1, 0.15) is 18.1 Å². The number of hydrogen-bond acceptors (Lipinski definition) is 3. The normalized spacial score (nSPS) is 8.29. The summed E-state index contributed by atoms with van der Waals surface area (Å²) in [7, 11) is 0. The Bertz CT molecular complexity index is 357. The first-order chi connectivity index (χ1) is 6.22. The Labute approximate surface area is 88.7 Å². The van der Waals surface area contributed by atoms with Crippen LogP contribution < -0.4 is 0 Å². The molecule has 0 spiro atoms. The number of ether oxygens (including phenoxy) is 1. The van der Waals surface area contributed by atoms with Crippen molar-refractivity contribution < 1.29 is 9.53 Å². The number of carbonyl (C=O) groups excluding carboxylic acids is 1. The highest BCUT2D eigenvalue weighted by Gasteiger charge is 1.97. The number of hydrogen-bond donors (Lipinski definition) is 0. The molecule has 0 aliphatic carbocycles. The number of rotatable bonds is 2. The topological polar surface area (TPSA) is 50.1 Å². The zero-order chi connectivity index (χ0) is 9.68. The summed E-state index contributed by atoms with van der Waals surface area (Å²) >= 11 is 0. The van der Waals surface area contributed by atoms with Gasteiger partial charge in [-0.3, -0.25) is 4.79 Å². The Morgan fingerprint density at radius 3 is 2.86 bits per heavy atom. The Morgan fingerprint density at radius 1 is 1.57 bits per heavy atom. The zero-order valence-electron chi connectivity index (χ0n) is 7.69. The van der Waals surface area contributed by atoms with Crippen LogP contribution in [0.4, 0.5) is 0 Å². The van der Waals surface area contributed by atoms with Gasteiger partial charge in [0.1, 0.15) is 6.61 Å². The number of esters is 1. The quantitative estimate of drug-likeness (QED) is 0.704. The lowest BCUT2D eigenvalue weighted by Crippen LogP contribution is -1.98. The zero-order valence-corrected chi connectivity index (χ0v) is 8.50. The van der Waals surface area contributed by atoms with Crippen molar-refractivity contribution in [3.8, 4) is 6.07 Å². The lowest BCUT2D eigenvalue weighted by atomic mass is 10.1. The molecule has 0 saturated carbocycles. The Morgan fingerprint density at radius 2 is 2.29 bits per heavy atom. The monoisotopic (exact) mass is 211 g/mol. The Balaban J connectivity index is 0.00000169. The van der Waals surface area contributed by atoms with Gasteiger partial charge in [-0.15, -0.1) is 12.4 Å². The van der Waals surface area contributed by atoms with Crippen LogP contribution >= 0.6 is 12.4 Å². The fraction of sp³-hybridized carbons (Fsp3) is 0.200. The van der Waals surface area contributed by atoms with Gasteiger partial charge < -0.3 is 4.74 Å². The maximum atomic E-state index is 10.5. The Hall–Kier alpha value is -1.53. The second kappa shape index (κ2) is 6.01. The minimum Gasteiger partial charge on any atom is -0.461 e. The second-order valence-electron chi connectivity index (χ2n) is 2.59. The molecule has 1 aromatic carbocycles. The first-order valence-corrected chi connectivity index (χ1v) is 3.85. The summed E-state index contributed by atoms with van der Waals surface area (Å²) < 4.78 is 4.78.